The second-order valence-corrected chi connectivity index (χ2v) is 6.56. The minimum atomic E-state index is -0.803. The number of benzene rings is 2. The van der Waals surface area contributed by atoms with Crippen LogP contribution in [0.25, 0.3) is 10.9 Å². The van der Waals surface area contributed by atoms with Crippen molar-refractivity contribution in [2.24, 2.45) is 0 Å². The quantitative estimate of drug-likeness (QED) is 0.598. The molecule has 0 radical (unpaired) electrons. The predicted octanol–water partition coefficient (Wildman–Crippen LogP) is 4.04. The average Bonchev–Trinajstić information content (AvgIpc) is 2.72. The van der Waals surface area contributed by atoms with E-state index in [0.29, 0.717) is 17.7 Å². The molecule has 2 aromatic carbocycles. The van der Waals surface area contributed by atoms with Gasteiger partial charge in [0.1, 0.15) is 5.56 Å². The lowest BCUT2D eigenvalue weighted by atomic mass is 10.1. The van der Waals surface area contributed by atoms with Crippen LogP contribution in [0.1, 0.15) is 31.1 Å². The molecule has 30 heavy (non-hydrogen) atoms. The predicted molar refractivity (Wildman–Crippen MR) is 114 cm³/mol. The molecule has 0 saturated carbocycles. The number of ether oxygens (including phenoxy) is 1. The topological polar surface area (TPSA) is 89.4 Å². The zero-order chi connectivity index (χ0) is 21.8. The van der Waals surface area contributed by atoms with Gasteiger partial charge in [-0.15, -0.1) is 0 Å². The van der Waals surface area contributed by atoms with E-state index in [9.17, 15) is 14.4 Å². The summed E-state index contributed by atoms with van der Waals surface area (Å²) in [6.07, 6.45) is 1.39. The highest BCUT2D eigenvalue weighted by atomic mass is 19.1. The lowest BCUT2D eigenvalue weighted by molar-refractivity contribution is -0.114. The van der Waals surface area contributed by atoms with E-state index in [-0.39, 0.29) is 28.9 Å². The molecule has 0 atom stereocenters. The first-order valence-electron chi connectivity index (χ1n) is 9.53. The van der Waals surface area contributed by atoms with Crippen molar-refractivity contribution in [1.82, 2.24) is 4.57 Å². The SMILES string of the molecule is CCOC(=O)c1cn(CC)c2cc(Nc3ccccc3)c(F)c(NC(C)=O)c2c1=O. The number of carbonyl (C=O) groups excluding carboxylic acids is 2. The normalized spacial score (nSPS) is 10.7. The van der Waals surface area contributed by atoms with E-state index in [1.165, 1.54) is 19.2 Å². The molecule has 8 heteroatoms. The number of nitrogens with one attached hydrogen (secondary N) is 2. The number of aryl methyl sites for hydroxylation is 1. The van der Waals surface area contributed by atoms with Gasteiger partial charge in [0.05, 0.1) is 28.9 Å². The second kappa shape index (κ2) is 8.77. The third kappa shape index (κ3) is 4.03. The molecule has 7 nitrogen and oxygen atoms in total. The number of pyridine rings is 1. The van der Waals surface area contributed by atoms with E-state index in [2.05, 4.69) is 10.6 Å². The number of aromatic nitrogens is 1. The Bertz CT molecular complexity index is 1170. The Morgan fingerprint density at radius 2 is 1.87 bits per heavy atom. The Kier molecular flexibility index (Phi) is 6.15. The number of halogens is 1. The Labute approximate surface area is 172 Å². The zero-order valence-electron chi connectivity index (χ0n) is 16.9. The standard InChI is InChI=1S/C22H22FN3O4/c1-4-26-12-15(22(29)30-5-2)21(28)18-17(26)11-16(19(23)20(18)24-13(3)27)25-14-9-7-6-8-10-14/h6-12,25H,4-5H2,1-3H3,(H,24,27). The number of esters is 1. The molecule has 1 aromatic heterocycles. The lowest BCUT2D eigenvalue weighted by Gasteiger charge is -2.18. The van der Waals surface area contributed by atoms with Gasteiger partial charge in [0, 0.05) is 25.4 Å². The van der Waals surface area contributed by atoms with E-state index in [4.69, 9.17) is 4.74 Å². The van der Waals surface area contributed by atoms with Crippen LogP contribution in [0.4, 0.5) is 21.5 Å². The molecule has 0 unspecified atom stereocenters. The summed E-state index contributed by atoms with van der Waals surface area (Å²) in [6.45, 7) is 5.16. The Balaban J connectivity index is 2.34. The summed E-state index contributed by atoms with van der Waals surface area (Å²) in [7, 11) is 0. The summed E-state index contributed by atoms with van der Waals surface area (Å²) in [5, 5.41) is 5.30. The summed E-state index contributed by atoms with van der Waals surface area (Å²) in [5.74, 6) is -2.15. The Morgan fingerprint density at radius 3 is 2.47 bits per heavy atom. The van der Waals surface area contributed by atoms with E-state index in [1.807, 2.05) is 13.0 Å². The van der Waals surface area contributed by atoms with Gasteiger partial charge in [0.15, 0.2) is 5.82 Å². The van der Waals surface area contributed by atoms with Crippen LogP contribution in [0, 0.1) is 5.82 Å². The van der Waals surface area contributed by atoms with Crippen LogP contribution in [-0.2, 0) is 16.1 Å². The monoisotopic (exact) mass is 411 g/mol. The number of hydrogen-bond donors (Lipinski definition) is 2. The Hall–Kier alpha value is -3.68. The van der Waals surface area contributed by atoms with Crippen LogP contribution in [0.3, 0.4) is 0 Å². The van der Waals surface area contributed by atoms with Gasteiger partial charge in [0.2, 0.25) is 11.3 Å². The highest BCUT2D eigenvalue weighted by Gasteiger charge is 2.23. The lowest BCUT2D eigenvalue weighted by Crippen LogP contribution is -2.23. The second-order valence-electron chi connectivity index (χ2n) is 6.56. The molecule has 0 fully saturated rings. The third-order valence-electron chi connectivity index (χ3n) is 4.50. The van der Waals surface area contributed by atoms with Crippen molar-refractivity contribution in [1.29, 1.82) is 0 Å². The largest absolute Gasteiger partial charge is 0.462 e. The fourth-order valence-electron chi connectivity index (χ4n) is 3.20. The molecule has 0 aliphatic heterocycles. The molecule has 3 aromatic rings. The number of anilines is 3. The van der Waals surface area contributed by atoms with E-state index >= 15 is 4.39 Å². The van der Waals surface area contributed by atoms with Gasteiger partial charge in [-0.05, 0) is 32.0 Å². The van der Waals surface area contributed by atoms with Crippen LogP contribution in [0.15, 0.2) is 47.4 Å². The van der Waals surface area contributed by atoms with Crippen molar-refractivity contribution in [3.63, 3.8) is 0 Å². The van der Waals surface area contributed by atoms with E-state index in [1.54, 1.807) is 35.8 Å². The molecule has 3 rings (SSSR count). The molecule has 1 amide bonds. The van der Waals surface area contributed by atoms with Crippen molar-refractivity contribution in [2.75, 3.05) is 17.2 Å². The van der Waals surface area contributed by atoms with Gasteiger partial charge in [-0.2, -0.15) is 0 Å². The molecule has 156 valence electrons. The number of nitrogens with zero attached hydrogens (tertiary/aromatic N) is 1. The van der Waals surface area contributed by atoms with E-state index in [0.717, 1.165) is 0 Å². The first-order chi connectivity index (χ1) is 14.4. The van der Waals surface area contributed by atoms with Crippen LogP contribution in [0.2, 0.25) is 0 Å². The maximum absolute atomic E-state index is 15.4. The van der Waals surface area contributed by atoms with Crippen molar-refractivity contribution < 1.29 is 18.7 Å². The molecule has 2 N–H and O–H groups in total. The maximum Gasteiger partial charge on any atom is 0.343 e. The van der Waals surface area contributed by atoms with Crippen LogP contribution >= 0.6 is 0 Å². The summed E-state index contributed by atoms with van der Waals surface area (Å²) in [4.78, 5) is 37.1. The number of rotatable bonds is 6. The number of para-hydroxylation sites is 1. The maximum atomic E-state index is 15.4. The molecular weight excluding hydrogens is 389 g/mol. The first kappa shape index (κ1) is 21.0. The van der Waals surface area contributed by atoms with Crippen LogP contribution in [-0.4, -0.2) is 23.1 Å². The van der Waals surface area contributed by atoms with Gasteiger partial charge in [-0.3, -0.25) is 9.59 Å². The zero-order valence-corrected chi connectivity index (χ0v) is 16.9. The third-order valence-corrected chi connectivity index (χ3v) is 4.50. The summed E-state index contributed by atoms with van der Waals surface area (Å²) < 4.78 is 22.0. The van der Waals surface area contributed by atoms with Crippen molar-refractivity contribution in [3.05, 3.63) is 64.2 Å². The van der Waals surface area contributed by atoms with Crippen LogP contribution < -0.4 is 16.1 Å². The van der Waals surface area contributed by atoms with Crippen molar-refractivity contribution >= 4 is 39.8 Å². The molecule has 0 bridgehead atoms. The molecule has 0 saturated heterocycles. The fourth-order valence-corrected chi connectivity index (χ4v) is 3.20. The van der Waals surface area contributed by atoms with Gasteiger partial charge < -0.3 is 19.9 Å². The fraction of sp³-hybridized carbons (Fsp3) is 0.227. The number of carbonyl (C=O) groups is 2. The average molecular weight is 411 g/mol. The molecular formula is C22H22FN3O4. The summed E-state index contributed by atoms with van der Waals surface area (Å²) >= 11 is 0. The van der Waals surface area contributed by atoms with Crippen LogP contribution in [0.5, 0.6) is 0 Å². The number of hydrogen-bond acceptors (Lipinski definition) is 5. The highest BCUT2D eigenvalue weighted by Crippen LogP contribution is 2.33. The molecule has 1 heterocycles. The number of amides is 1. The van der Waals surface area contributed by atoms with Gasteiger partial charge in [-0.25, -0.2) is 9.18 Å². The van der Waals surface area contributed by atoms with Gasteiger partial charge >= 0.3 is 5.97 Å². The van der Waals surface area contributed by atoms with Crippen molar-refractivity contribution in [2.45, 2.75) is 27.3 Å². The van der Waals surface area contributed by atoms with Gasteiger partial charge in [0.25, 0.3) is 0 Å². The summed E-state index contributed by atoms with van der Waals surface area (Å²) in [5.41, 5.74) is -0.111. The smallest absolute Gasteiger partial charge is 0.343 e. The van der Waals surface area contributed by atoms with E-state index < -0.39 is 23.1 Å². The Morgan fingerprint density at radius 1 is 1.17 bits per heavy atom. The molecule has 0 aliphatic rings. The molecule has 0 spiro atoms. The molecule has 0 aliphatic carbocycles. The highest BCUT2D eigenvalue weighted by molar-refractivity contribution is 6.05. The number of fused-ring (bicyclic) bond motifs is 1. The van der Waals surface area contributed by atoms with Crippen molar-refractivity contribution in [3.8, 4) is 0 Å². The first-order valence-corrected chi connectivity index (χ1v) is 9.53. The summed E-state index contributed by atoms with van der Waals surface area (Å²) in [6, 6.07) is 10.4. The minimum Gasteiger partial charge on any atom is -0.462 e. The minimum absolute atomic E-state index is 0.0861. The van der Waals surface area contributed by atoms with Gasteiger partial charge in [-0.1, -0.05) is 18.2 Å².